The lowest BCUT2D eigenvalue weighted by Crippen LogP contribution is -2.55. The third-order valence-electron chi connectivity index (χ3n) is 4.17. The lowest BCUT2D eigenvalue weighted by atomic mass is 9.90. The summed E-state index contributed by atoms with van der Waals surface area (Å²) < 4.78 is 0. The van der Waals surface area contributed by atoms with Crippen molar-refractivity contribution in [3.8, 4) is 0 Å². The summed E-state index contributed by atoms with van der Waals surface area (Å²) in [6.45, 7) is 7.63. The Balaban J connectivity index is 1.91. The van der Waals surface area contributed by atoms with Gasteiger partial charge in [0.1, 0.15) is 0 Å². The maximum Gasteiger partial charge on any atom is 0.0327 e. The van der Waals surface area contributed by atoms with E-state index in [1.165, 1.54) is 19.4 Å². The van der Waals surface area contributed by atoms with Crippen molar-refractivity contribution in [3.63, 3.8) is 0 Å². The predicted molar refractivity (Wildman–Crippen MR) is 45.3 cm³/mol. The zero-order valence-corrected chi connectivity index (χ0v) is 7.09. The van der Waals surface area contributed by atoms with Crippen LogP contribution in [0.2, 0.25) is 0 Å². The van der Waals surface area contributed by atoms with Crippen LogP contribution in [0.4, 0.5) is 0 Å². The van der Waals surface area contributed by atoms with Crippen LogP contribution in [-0.4, -0.2) is 23.0 Å². The molecule has 60 valence electrons. The molecule has 0 aromatic heterocycles. The number of hydrogen-bond donors (Lipinski definition) is 0. The molecule has 0 aromatic rings. The maximum absolute atomic E-state index is 3.92. The topological polar surface area (TPSA) is 3.24 Å². The van der Waals surface area contributed by atoms with Gasteiger partial charge in [0.25, 0.3) is 0 Å². The summed E-state index contributed by atoms with van der Waals surface area (Å²) in [5.74, 6) is 1.85. The van der Waals surface area contributed by atoms with Crippen molar-refractivity contribution in [2.24, 2.45) is 11.8 Å². The zero-order chi connectivity index (χ0) is 7.64. The summed E-state index contributed by atoms with van der Waals surface area (Å²) in [5, 5.41) is 0. The molecule has 3 aliphatic rings. The molecule has 4 unspecified atom stereocenters. The van der Waals surface area contributed by atoms with Gasteiger partial charge in [0.05, 0.1) is 0 Å². The molecule has 1 spiro atoms. The van der Waals surface area contributed by atoms with E-state index in [9.17, 15) is 0 Å². The quantitative estimate of drug-likeness (QED) is 0.512. The van der Waals surface area contributed by atoms with Gasteiger partial charge in [-0.25, -0.2) is 0 Å². The molecule has 1 saturated carbocycles. The number of piperidine rings is 1. The van der Waals surface area contributed by atoms with E-state index in [0.29, 0.717) is 5.54 Å². The first-order valence-electron chi connectivity index (χ1n) is 4.70. The van der Waals surface area contributed by atoms with Crippen molar-refractivity contribution in [1.82, 2.24) is 4.90 Å². The van der Waals surface area contributed by atoms with Gasteiger partial charge in [-0.1, -0.05) is 6.08 Å². The molecule has 2 saturated heterocycles. The van der Waals surface area contributed by atoms with E-state index in [-0.39, 0.29) is 0 Å². The van der Waals surface area contributed by atoms with Crippen LogP contribution in [0.1, 0.15) is 19.8 Å². The minimum atomic E-state index is 0.654. The molecule has 0 bridgehead atoms. The Hall–Kier alpha value is -0.300. The van der Waals surface area contributed by atoms with Crippen molar-refractivity contribution < 1.29 is 0 Å². The second-order valence-electron chi connectivity index (χ2n) is 4.39. The zero-order valence-electron chi connectivity index (χ0n) is 7.09. The van der Waals surface area contributed by atoms with E-state index < -0.39 is 0 Å². The van der Waals surface area contributed by atoms with Gasteiger partial charge in [0.15, 0.2) is 0 Å². The number of rotatable bonds is 1. The smallest absolute Gasteiger partial charge is 0.0327 e. The van der Waals surface area contributed by atoms with Crippen LogP contribution in [0.15, 0.2) is 12.7 Å². The molecule has 2 heterocycles. The van der Waals surface area contributed by atoms with Crippen LogP contribution < -0.4 is 0 Å². The summed E-state index contributed by atoms with van der Waals surface area (Å²) in [6.07, 6.45) is 5.05. The van der Waals surface area contributed by atoms with Gasteiger partial charge in [-0.05, 0) is 38.1 Å². The molecule has 11 heavy (non-hydrogen) atoms. The highest BCUT2D eigenvalue weighted by Crippen LogP contribution is 2.69. The number of nitrogens with zero attached hydrogens (tertiary/aromatic N) is 1. The van der Waals surface area contributed by atoms with Crippen molar-refractivity contribution in [3.05, 3.63) is 12.7 Å². The van der Waals surface area contributed by atoms with Gasteiger partial charge in [-0.3, -0.25) is 4.90 Å². The SMILES string of the molecule is C=CC1C2CCN3C(C)CC123. The number of hydrogen-bond acceptors (Lipinski definition) is 1. The average Bonchev–Trinajstić information content (AvgIpc) is 2.51. The third-order valence-corrected chi connectivity index (χ3v) is 4.17. The largest absolute Gasteiger partial charge is 0.294 e. The lowest BCUT2D eigenvalue weighted by molar-refractivity contribution is 0.0209. The highest BCUT2D eigenvalue weighted by atomic mass is 15.4. The average molecular weight is 149 g/mol. The molecule has 0 N–H and O–H groups in total. The fraction of sp³-hybridized carbons (Fsp3) is 0.800. The molecule has 0 radical (unpaired) electrons. The molecule has 3 fully saturated rings. The summed E-state index contributed by atoms with van der Waals surface area (Å²) in [6, 6.07) is 0.866. The molecule has 1 nitrogen and oxygen atoms in total. The van der Waals surface area contributed by atoms with Gasteiger partial charge in [0.2, 0.25) is 0 Å². The van der Waals surface area contributed by atoms with Gasteiger partial charge in [-0.2, -0.15) is 0 Å². The second-order valence-corrected chi connectivity index (χ2v) is 4.39. The highest BCUT2D eigenvalue weighted by molar-refractivity contribution is 5.32. The van der Waals surface area contributed by atoms with E-state index in [2.05, 4.69) is 24.5 Å². The van der Waals surface area contributed by atoms with E-state index in [1.54, 1.807) is 0 Å². The molecule has 0 aromatic carbocycles. The Morgan fingerprint density at radius 1 is 1.64 bits per heavy atom. The van der Waals surface area contributed by atoms with Crippen molar-refractivity contribution in [2.45, 2.75) is 31.3 Å². The summed E-state index contributed by atoms with van der Waals surface area (Å²) in [7, 11) is 0. The first-order valence-corrected chi connectivity index (χ1v) is 4.70. The van der Waals surface area contributed by atoms with Crippen LogP contribution in [0.5, 0.6) is 0 Å². The summed E-state index contributed by atoms with van der Waals surface area (Å²) in [5.41, 5.74) is 0.654. The molecule has 4 atom stereocenters. The maximum atomic E-state index is 3.92. The van der Waals surface area contributed by atoms with Crippen LogP contribution in [0.25, 0.3) is 0 Å². The van der Waals surface area contributed by atoms with Gasteiger partial charge < -0.3 is 0 Å². The Morgan fingerprint density at radius 2 is 2.45 bits per heavy atom. The molecule has 0 amide bonds. The molecular formula is C10H15N. The van der Waals surface area contributed by atoms with Gasteiger partial charge in [-0.15, -0.1) is 6.58 Å². The molecule has 3 rings (SSSR count). The first-order chi connectivity index (χ1) is 5.30. The minimum Gasteiger partial charge on any atom is -0.294 e. The Kier molecular flexibility index (Phi) is 0.885. The molecular weight excluding hydrogens is 134 g/mol. The lowest BCUT2D eigenvalue weighted by Gasteiger charge is -2.46. The van der Waals surface area contributed by atoms with Gasteiger partial charge >= 0.3 is 0 Å². The van der Waals surface area contributed by atoms with Gasteiger partial charge in [0, 0.05) is 11.6 Å². The Labute approximate surface area is 68.1 Å². The third kappa shape index (κ3) is 0.451. The Bertz CT molecular complexity index is 223. The first kappa shape index (κ1) is 6.24. The van der Waals surface area contributed by atoms with E-state index in [4.69, 9.17) is 0 Å². The van der Waals surface area contributed by atoms with Crippen molar-refractivity contribution in [1.29, 1.82) is 0 Å². The fourth-order valence-corrected chi connectivity index (χ4v) is 3.73. The summed E-state index contributed by atoms with van der Waals surface area (Å²) in [4.78, 5) is 2.70. The Morgan fingerprint density at radius 3 is 3.00 bits per heavy atom. The van der Waals surface area contributed by atoms with Crippen LogP contribution in [0, 0.1) is 11.8 Å². The minimum absolute atomic E-state index is 0.654. The van der Waals surface area contributed by atoms with Crippen LogP contribution >= 0.6 is 0 Å². The summed E-state index contributed by atoms with van der Waals surface area (Å²) >= 11 is 0. The molecule has 2 aliphatic heterocycles. The molecule has 1 heteroatoms. The highest BCUT2D eigenvalue weighted by Gasteiger charge is 2.74. The van der Waals surface area contributed by atoms with Crippen molar-refractivity contribution >= 4 is 0 Å². The van der Waals surface area contributed by atoms with Crippen molar-refractivity contribution in [2.75, 3.05) is 6.54 Å². The van der Waals surface area contributed by atoms with Crippen LogP contribution in [-0.2, 0) is 0 Å². The predicted octanol–water partition coefficient (Wildman–Crippen LogP) is 1.66. The van der Waals surface area contributed by atoms with E-state index >= 15 is 0 Å². The normalized spacial score (nSPS) is 59.5. The monoisotopic (exact) mass is 149 g/mol. The van der Waals surface area contributed by atoms with E-state index in [1.807, 2.05) is 0 Å². The fourth-order valence-electron chi connectivity index (χ4n) is 3.73. The second kappa shape index (κ2) is 1.56. The molecule has 1 aliphatic carbocycles. The standard InChI is InChI=1S/C10H15N/c1-3-8-9-4-5-11-7(2)6-10(8,9)11/h3,7-9H,1,4-6H2,2H3. The van der Waals surface area contributed by atoms with E-state index in [0.717, 1.165) is 17.9 Å². The van der Waals surface area contributed by atoms with Crippen LogP contribution in [0.3, 0.4) is 0 Å².